The first-order valence-electron chi connectivity index (χ1n) is 8.52. The first kappa shape index (κ1) is 17.6. The third kappa shape index (κ3) is 4.05. The third-order valence-electron chi connectivity index (χ3n) is 4.42. The molecule has 134 valence electrons. The van der Waals surface area contributed by atoms with Crippen molar-refractivity contribution in [2.24, 2.45) is 0 Å². The van der Waals surface area contributed by atoms with Gasteiger partial charge < -0.3 is 15.4 Å². The molecule has 1 saturated heterocycles. The minimum atomic E-state index is -0.324. The van der Waals surface area contributed by atoms with Gasteiger partial charge in [-0.3, -0.25) is 4.79 Å². The van der Waals surface area contributed by atoms with E-state index >= 15 is 0 Å². The van der Waals surface area contributed by atoms with Crippen LogP contribution in [-0.2, 0) is 4.74 Å². The van der Waals surface area contributed by atoms with Crippen LogP contribution in [0.25, 0.3) is 5.69 Å². The number of ether oxygens (including phenoxy) is 1. The molecule has 6 nitrogen and oxygen atoms in total. The molecule has 2 heterocycles. The van der Waals surface area contributed by atoms with Crippen LogP contribution in [0.4, 0.5) is 4.39 Å². The number of amides is 1. The number of hydrogen-bond acceptors (Lipinski definition) is 4. The minimum Gasteiger partial charge on any atom is -0.383 e. The standard InChI is InChI=1S/C18H23FN4O2/c1-25-10-9-21-18(24)16-12-22-23(15-4-2-3-14(19)11-15)17(16)13-5-7-20-8-6-13/h2-4,11-13,20H,5-10H2,1H3,(H,21,24). The quantitative estimate of drug-likeness (QED) is 0.784. The van der Waals surface area contributed by atoms with Gasteiger partial charge in [-0.05, 0) is 44.1 Å². The van der Waals surface area contributed by atoms with Crippen molar-refractivity contribution in [2.45, 2.75) is 18.8 Å². The van der Waals surface area contributed by atoms with Gasteiger partial charge in [0, 0.05) is 19.6 Å². The van der Waals surface area contributed by atoms with Gasteiger partial charge >= 0.3 is 0 Å². The van der Waals surface area contributed by atoms with Crippen molar-refractivity contribution in [3.63, 3.8) is 0 Å². The van der Waals surface area contributed by atoms with E-state index in [1.807, 2.05) is 0 Å². The second-order valence-corrected chi connectivity index (χ2v) is 6.11. The second kappa shape index (κ2) is 8.22. The zero-order valence-corrected chi connectivity index (χ0v) is 14.3. The number of piperidine rings is 1. The molecule has 0 saturated carbocycles. The van der Waals surface area contributed by atoms with E-state index in [1.165, 1.54) is 12.1 Å². The van der Waals surface area contributed by atoms with Crippen LogP contribution >= 0.6 is 0 Å². The maximum Gasteiger partial charge on any atom is 0.254 e. The molecule has 2 N–H and O–H groups in total. The van der Waals surface area contributed by atoms with E-state index in [-0.39, 0.29) is 17.6 Å². The molecule has 1 aromatic carbocycles. The molecule has 0 bridgehead atoms. The van der Waals surface area contributed by atoms with Crippen LogP contribution in [0.2, 0.25) is 0 Å². The Hall–Kier alpha value is -2.25. The smallest absolute Gasteiger partial charge is 0.254 e. The Kier molecular flexibility index (Phi) is 5.78. The largest absolute Gasteiger partial charge is 0.383 e. The van der Waals surface area contributed by atoms with E-state index in [2.05, 4.69) is 15.7 Å². The number of halogens is 1. The maximum atomic E-state index is 13.7. The first-order valence-corrected chi connectivity index (χ1v) is 8.52. The average molecular weight is 346 g/mol. The highest BCUT2D eigenvalue weighted by Gasteiger charge is 2.26. The summed E-state index contributed by atoms with van der Waals surface area (Å²) >= 11 is 0. The Morgan fingerprint density at radius 3 is 2.96 bits per heavy atom. The molecular formula is C18H23FN4O2. The van der Waals surface area contributed by atoms with E-state index in [4.69, 9.17) is 4.74 Å². The molecule has 1 aliphatic heterocycles. The average Bonchev–Trinajstić information content (AvgIpc) is 3.08. The fourth-order valence-corrected chi connectivity index (χ4v) is 3.20. The molecule has 0 atom stereocenters. The lowest BCUT2D eigenvalue weighted by Gasteiger charge is -2.24. The highest BCUT2D eigenvalue weighted by molar-refractivity contribution is 5.95. The van der Waals surface area contributed by atoms with Crippen LogP contribution in [-0.4, -0.2) is 49.0 Å². The van der Waals surface area contributed by atoms with Gasteiger partial charge in [-0.1, -0.05) is 6.07 Å². The normalized spacial score (nSPS) is 15.3. The van der Waals surface area contributed by atoms with Crippen LogP contribution in [0.1, 0.15) is 34.8 Å². The monoisotopic (exact) mass is 346 g/mol. The predicted molar refractivity (Wildman–Crippen MR) is 92.6 cm³/mol. The predicted octanol–water partition coefficient (Wildman–Crippen LogP) is 1.85. The lowest BCUT2D eigenvalue weighted by atomic mass is 9.91. The summed E-state index contributed by atoms with van der Waals surface area (Å²) in [5, 5.41) is 10.6. The number of nitrogens with one attached hydrogen (secondary N) is 2. The highest BCUT2D eigenvalue weighted by Crippen LogP contribution is 2.30. The molecule has 0 unspecified atom stereocenters. The van der Waals surface area contributed by atoms with E-state index in [0.29, 0.717) is 24.4 Å². The summed E-state index contributed by atoms with van der Waals surface area (Å²) in [4.78, 5) is 12.6. The topological polar surface area (TPSA) is 68.2 Å². The first-order chi connectivity index (χ1) is 12.2. The van der Waals surface area contributed by atoms with Crippen molar-refractivity contribution >= 4 is 5.91 Å². The Morgan fingerprint density at radius 1 is 1.44 bits per heavy atom. The summed E-state index contributed by atoms with van der Waals surface area (Å²) in [5.41, 5.74) is 2.03. The molecule has 7 heteroatoms. The third-order valence-corrected chi connectivity index (χ3v) is 4.42. The summed E-state index contributed by atoms with van der Waals surface area (Å²) in [5.74, 6) is -0.293. The van der Waals surface area contributed by atoms with Crippen molar-refractivity contribution in [2.75, 3.05) is 33.4 Å². The Bertz CT molecular complexity index is 726. The SMILES string of the molecule is COCCNC(=O)c1cnn(-c2cccc(F)c2)c1C1CCNCC1. The van der Waals surface area contributed by atoms with Gasteiger partial charge in [0.15, 0.2) is 0 Å². The molecule has 1 fully saturated rings. The van der Waals surface area contributed by atoms with E-state index in [0.717, 1.165) is 31.6 Å². The zero-order chi connectivity index (χ0) is 17.6. The van der Waals surface area contributed by atoms with Crippen molar-refractivity contribution < 1.29 is 13.9 Å². The number of benzene rings is 1. The van der Waals surface area contributed by atoms with Crippen LogP contribution in [0.3, 0.4) is 0 Å². The molecule has 1 aromatic heterocycles. The summed E-state index contributed by atoms with van der Waals surface area (Å²) in [6.07, 6.45) is 3.41. The number of rotatable bonds is 6. The lowest BCUT2D eigenvalue weighted by Crippen LogP contribution is -2.31. The number of carbonyl (C=O) groups is 1. The molecule has 3 rings (SSSR count). The number of aromatic nitrogens is 2. The molecule has 0 radical (unpaired) electrons. The lowest BCUT2D eigenvalue weighted by molar-refractivity contribution is 0.0935. The number of carbonyl (C=O) groups excluding carboxylic acids is 1. The number of nitrogens with zero attached hydrogens (tertiary/aromatic N) is 2. The zero-order valence-electron chi connectivity index (χ0n) is 14.3. The highest BCUT2D eigenvalue weighted by atomic mass is 19.1. The molecule has 25 heavy (non-hydrogen) atoms. The minimum absolute atomic E-state index is 0.173. The summed E-state index contributed by atoms with van der Waals surface area (Å²) < 4.78 is 20.3. The fraction of sp³-hybridized carbons (Fsp3) is 0.444. The van der Waals surface area contributed by atoms with Crippen molar-refractivity contribution in [1.29, 1.82) is 0 Å². The Balaban J connectivity index is 1.96. The van der Waals surface area contributed by atoms with E-state index < -0.39 is 0 Å². The molecule has 0 aliphatic carbocycles. The van der Waals surface area contributed by atoms with Crippen LogP contribution in [0.15, 0.2) is 30.5 Å². The van der Waals surface area contributed by atoms with E-state index in [1.54, 1.807) is 30.1 Å². The van der Waals surface area contributed by atoms with Gasteiger partial charge in [0.2, 0.25) is 0 Å². The van der Waals surface area contributed by atoms with Gasteiger partial charge in [-0.15, -0.1) is 0 Å². The molecule has 0 spiro atoms. The van der Waals surface area contributed by atoms with Crippen LogP contribution in [0, 0.1) is 5.82 Å². The van der Waals surface area contributed by atoms with Crippen molar-refractivity contribution in [1.82, 2.24) is 20.4 Å². The number of hydrogen-bond donors (Lipinski definition) is 2. The van der Waals surface area contributed by atoms with E-state index in [9.17, 15) is 9.18 Å². The molecule has 1 amide bonds. The van der Waals surface area contributed by atoms with Gasteiger partial charge in [0.25, 0.3) is 5.91 Å². The number of methoxy groups -OCH3 is 1. The molecule has 1 aliphatic rings. The maximum absolute atomic E-state index is 13.7. The Morgan fingerprint density at radius 2 is 2.24 bits per heavy atom. The van der Waals surface area contributed by atoms with Crippen LogP contribution in [0.5, 0.6) is 0 Å². The van der Waals surface area contributed by atoms with Gasteiger partial charge in [-0.25, -0.2) is 9.07 Å². The summed E-state index contributed by atoms with van der Waals surface area (Å²) in [6, 6.07) is 6.28. The van der Waals surface area contributed by atoms with Crippen molar-refractivity contribution in [3.05, 3.63) is 47.5 Å². The summed E-state index contributed by atoms with van der Waals surface area (Å²) in [6.45, 7) is 2.67. The summed E-state index contributed by atoms with van der Waals surface area (Å²) in [7, 11) is 1.59. The molecule has 2 aromatic rings. The second-order valence-electron chi connectivity index (χ2n) is 6.11. The van der Waals surface area contributed by atoms with Crippen LogP contribution < -0.4 is 10.6 Å². The van der Waals surface area contributed by atoms with Gasteiger partial charge in [0.1, 0.15) is 5.82 Å². The van der Waals surface area contributed by atoms with Gasteiger partial charge in [0.05, 0.1) is 29.7 Å². The fourth-order valence-electron chi connectivity index (χ4n) is 3.20. The van der Waals surface area contributed by atoms with Gasteiger partial charge in [-0.2, -0.15) is 5.10 Å². The molecular weight excluding hydrogens is 323 g/mol. The Labute approximate surface area is 146 Å². The van der Waals surface area contributed by atoms with Crippen molar-refractivity contribution in [3.8, 4) is 5.69 Å².